The van der Waals surface area contributed by atoms with Crippen molar-refractivity contribution in [1.82, 2.24) is 20.4 Å². The molecule has 0 aliphatic rings. The number of hydrogen-bond donors (Lipinski definition) is 1. The van der Waals surface area contributed by atoms with Crippen LogP contribution >= 0.6 is 11.6 Å². The summed E-state index contributed by atoms with van der Waals surface area (Å²) in [7, 11) is 0. The van der Waals surface area contributed by atoms with Crippen LogP contribution in [0, 0.1) is 6.92 Å². The zero-order chi connectivity index (χ0) is 20.2. The molecule has 0 aliphatic heterocycles. The van der Waals surface area contributed by atoms with Crippen molar-refractivity contribution in [3.05, 3.63) is 89.0 Å². The Labute approximate surface area is 172 Å². The van der Waals surface area contributed by atoms with Gasteiger partial charge in [0.05, 0.1) is 10.7 Å². The molecule has 0 bridgehead atoms. The van der Waals surface area contributed by atoms with Crippen LogP contribution in [-0.2, 0) is 6.54 Å². The van der Waals surface area contributed by atoms with Crippen LogP contribution in [-0.4, -0.2) is 21.0 Å². The second-order valence-corrected chi connectivity index (χ2v) is 6.83. The van der Waals surface area contributed by atoms with Crippen molar-refractivity contribution in [2.75, 3.05) is 0 Å². The van der Waals surface area contributed by atoms with Crippen molar-refractivity contribution in [1.29, 1.82) is 0 Å². The van der Waals surface area contributed by atoms with Gasteiger partial charge in [-0.1, -0.05) is 41.0 Å². The highest BCUT2D eigenvalue weighted by molar-refractivity contribution is 6.33. The summed E-state index contributed by atoms with van der Waals surface area (Å²) in [6.45, 7) is 2.03. The second kappa shape index (κ2) is 8.24. The predicted octanol–water partition coefficient (Wildman–Crippen LogP) is 4.69. The van der Waals surface area contributed by atoms with Gasteiger partial charge in [-0.25, -0.2) is 0 Å². The molecule has 0 radical (unpaired) electrons. The number of halogens is 1. The standard InChI is InChI=1S/C22H17ClN4O2/c1-14-20(21(27-29-14)17-6-2-3-7-18(17)23)22(28)26-12-15-8-9-19(25-11-15)16-5-4-10-24-13-16/h2-11,13H,12H2,1H3,(H,26,28). The van der Waals surface area contributed by atoms with E-state index in [4.69, 9.17) is 16.1 Å². The normalized spacial score (nSPS) is 10.7. The largest absolute Gasteiger partial charge is 0.360 e. The van der Waals surface area contributed by atoms with Gasteiger partial charge in [0, 0.05) is 36.3 Å². The molecular weight excluding hydrogens is 388 g/mol. The molecule has 0 unspecified atom stereocenters. The maximum absolute atomic E-state index is 12.8. The van der Waals surface area contributed by atoms with Crippen LogP contribution in [0.25, 0.3) is 22.5 Å². The summed E-state index contributed by atoms with van der Waals surface area (Å²) in [4.78, 5) is 21.4. The third kappa shape index (κ3) is 4.02. The van der Waals surface area contributed by atoms with Crippen molar-refractivity contribution in [3.8, 4) is 22.5 Å². The molecule has 4 aromatic rings. The van der Waals surface area contributed by atoms with E-state index < -0.39 is 0 Å². The maximum atomic E-state index is 12.8. The van der Waals surface area contributed by atoms with Gasteiger partial charge in [-0.2, -0.15) is 0 Å². The first-order valence-corrected chi connectivity index (χ1v) is 9.36. The van der Waals surface area contributed by atoms with E-state index in [2.05, 4.69) is 20.4 Å². The van der Waals surface area contributed by atoms with Crippen LogP contribution in [0.3, 0.4) is 0 Å². The number of carbonyl (C=O) groups excluding carboxylic acids is 1. The Bertz CT molecular complexity index is 1140. The number of rotatable bonds is 5. The van der Waals surface area contributed by atoms with E-state index in [1.54, 1.807) is 37.6 Å². The number of carbonyl (C=O) groups is 1. The Morgan fingerprint density at radius 3 is 2.69 bits per heavy atom. The third-order valence-electron chi connectivity index (χ3n) is 4.45. The minimum absolute atomic E-state index is 0.282. The molecule has 0 atom stereocenters. The molecule has 1 aromatic carbocycles. The lowest BCUT2D eigenvalue weighted by Crippen LogP contribution is -2.23. The molecular formula is C22H17ClN4O2. The van der Waals surface area contributed by atoms with Crippen LogP contribution in [0.2, 0.25) is 5.02 Å². The molecule has 3 heterocycles. The van der Waals surface area contributed by atoms with Crippen molar-refractivity contribution in [2.45, 2.75) is 13.5 Å². The van der Waals surface area contributed by atoms with Crippen molar-refractivity contribution >= 4 is 17.5 Å². The zero-order valence-corrected chi connectivity index (χ0v) is 16.3. The van der Waals surface area contributed by atoms with Gasteiger partial charge in [0.25, 0.3) is 5.91 Å². The Hall–Kier alpha value is -3.51. The fourth-order valence-corrected chi connectivity index (χ4v) is 3.19. The lowest BCUT2D eigenvalue weighted by atomic mass is 10.1. The Balaban J connectivity index is 1.50. The van der Waals surface area contributed by atoms with Crippen molar-refractivity contribution < 1.29 is 9.32 Å². The summed E-state index contributed by atoms with van der Waals surface area (Å²) in [6.07, 6.45) is 5.21. The van der Waals surface area contributed by atoms with Gasteiger partial charge in [0.2, 0.25) is 0 Å². The van der Waals surface area contributed by atoms with Gasteiger partial charge < -0.3 is 9.84 Å². The predicted molar refractivity (Wildman–Crippen MR) is 110 cm³/mol. The fourth-order valence-electron chi connectivity index (χ4n) is 2.96. The molecule has 0 saturated carbocycles. The van der Waals surface area contributed by atoms with Crippen LogP contribution in [0.15, 0.2) is 71.6 Å². The molecule has 7 heteroatoms. The lowest BCUT2D eigenvalue weighted by molar-refractivity contribution is 0.0950. The van der Waals surface area contributed by atoms with E-state index in [0.717, 1.165) is 16.8 Å². The van der Waals surface area contributed by atoms with Gasteiger partial charge >= 0.3 is 0 Å². The number of nitrogens with zero attached hydrogens (tertiary/aromatic N) is 3. The molecule has 1 amide bonds. The Morgan fingerprint density at radius 1 is 1.10 bits per heavy atom. The molecule has 1 N–H and O–H groups in total. The third-order valence-corrected chi connectivity index (χ3v) is 4.78. The van der Waals surface area contributed by atoms with Crippen LogP contribution in [0.1, 0.15) is 21.7 Å². The maximum Gasteiger partial charge on any atom is 0.257 e. The highest BCUT2D eigenvalue weighted by Gasteiger charge is 2.22. The molecule has 0 spiro atoms. The van der Waals surface area contributed by atoms with E-state index in [9.17, 15) is 4.79 Å². The van der Waals surface area contributed by atoms with Crippen molar-refractivity contribution in [3.63, 3.8) is 0 Å². The average Bonchev–Trinajstić information content (AvgIpc) is 3.14. The highest BCUT2D eigenvalue weighted by Crippen LogP contribution is 2.31. The summed E-state index contributed by atoms with van der Waals surface area (Å²) in [5, 5.41) is 7.43. The number of benzene rings is 1. The number of hydrogen-bond acceptors (Lipinski definition) is 5. The number of amides is 1. The summed E-state index contributed by atoms with van der Waals surface area (Å²) >= 11 is 6.26. The smallest absolute Gasteiger partial charge is 0.257 e. The first-order valence-electron chi connectivity index (χ1n) is 8.98. The quantitative estimate of drug-likeness (QED) is 0.521. The monoisotopic (exact) mass is 404 g/mol. The first kappa shape index (κ1) is 18.8. The van der Waals surface area contributed by atoms with E-state index in [1.165, 1.54) is 0 Å². The molecule has 6 nitrogen and oxygen atoms in total. The highest BCUT2D eigenvalue weighted by atomic mass is 35.5. The minimum atomic E-state index is -0.282. The topological polar surface area (TPSA) is 80.9 Å². The van der Waals surface area contributed by atoms with Gasteiger partial charge in [0.15, 0.2) is 0 Å². The first-order chi connectivity index (χ1) is 14.1. The molecule has 4 rings (SSSR count). The zero-order valence-electron chi connectivity index (χ0n) is 15.6. The van der Waals surface area contributed by atoms with Gasteiger partial charge in [-0.3, -0.25) is 14.8 Å². The van der Waals surface area contributed by atoms with E-state index >= 15 is 0 Å². The molecule has 0 saturated heterocycles. The number of pyridine rings is 2. The molecule has 0 fully saturated rings. The Morgan fingerprint density at radius 2 is 1.97 bits per heavy atom. The van der Waals surface area contributed by atoms with Crippen LogP contribution in [0.5, 0.6) is 0 Å². The van der Waals surface area contributed by atoms with Crippen LogP contribution < -0.4 is 5.32 Å². The van der Waals surface area contributed by atoms with Gasteiger partial charge in [0.1, 0.15) is 17.0 Å². The van der Waals surface area contributed by atoms with Gasteiger partial charge in [-0.15, -0.1) is 0 Å². The summed E-state index contributed by atoms with van der Waals surface area (Å²) in [5.41, 5.74) is 4.09. The van der Waals surface area contributed by atoms with Crippen LogP contribution in [0.4, 0.5) is 0 Å². The fraction of sp³-hybridized carbons (Fsp3) is 0.0909. The van der Waals surface area contributed by atoms with Gasteiger partial charge in [-0.05, 0) is 36.8 Å². The Kier molecular flexibility index (Phi) is 5.35. The van der Waals surface area contributed by atoms with E-state index in [-0.39, 0.29) is 5.91 Å². The van der Waals surface area contributed by atoms with E-state index in [1.807, 2.05) is 36.4 Å². The molecule has 3 aromatic heterocycles. The average molecular weight is 405 g/mol. The molecule has 144 valence electrons. The summed E-state index contributed by atoms with van der Waals surface area (Å²) < 4.78 is 5.26. The van der Waals surface area contributed by atoms with Crippen molar-refractivity contribution in [2.24, 2.45) is 0 Å². The number of nitrogens with one attached hydrogen (secondary N) is 1. The summed E-state index contributed by atoms with van der Waals surface area (Å²) in [6, 6.07) is 14.8. The number of aromatic nitrogens is 3. The second-order valence-electron chi connectivity index (χ2n) is 6.42. The lowest BCUT2D eigenvalue weighted by Gasteiger charge is -2.07. The number of aryl methyl sites for hydroxylation is 1. The summed E-state index contributed by atoms with van der Waals surface area (Å²) in [5.74, 6) is 0.150. The molecule has 29 heavy (non-hydrogen) atoms. The van der Waals surface area contributed by atoms with E-state index in [0.29, 0.717) is 34.1 Å². The SMILES string of the molecule is Cc1onc(-c2ccccc2Cl)c1C(=O)NCc1ccc(-c2cccnc2)nc1. The molecule has 0 aliphatic carbocycles. The minimum Gasteiger partial charge on any atom is -0.360 e.